The Morgan fingerprint density at radius 2 is 1.57 bits per heavy atom. The summed E-state index contributed by atoms with van der Waals surface area (Å²) in [7, 11) is 0. The highest BCUT2D eigenvalue weighted by atomic mass is 19.4. The predicted molar refractivity (Wildman–Crippen MR) is 64.3 cm³/mol. The number of halogens is 4. The molecule has 0 N–H and O–H groups in total. The predicted octanol–water partition coefficient (Wildman–Crippen LogP) is 4.39. The van der Waals surface area contributed by atoms with Gasteiger partial charge in [0.2, 0.25) is 0 Å². The zero-order valence-corrected chi connectivity index (χ0v) is 10.3. The van der Waals surface area contributed by atoms with Gasteiger partial charge in [-0.05, 0) is 42.5 Å². The van der Waals surface area contributed by atoms with Crippen LogP contribution in [0.2, 0.25) is 0 Å². The van der Waals surface area contributed by atoms with Crippen molar-refractivity contribution in [1.29, 1.82) is 5.26 Å². The lowest BCUT2D eigenvalue weighted by Gasteiger charge is -2.10. The van der Waals surface area contributed by atoms with Crippen LogP contribution in [0.15, 0.2) is 42.5 Å². The van der Waals surface area contributed by atoms with E-state index in [1.807, 2.05) is 0 Å². The Morgan fingerprint density at radius 3 is 2.14 bits per heavy atom. The molecular weight excluding hydrogens is 290 g/mol. The summed E-state index contributed by atoms with van der Waals surface area (Å²) in [5, 5.41) is 8.85. The molecule has 0 unspecified atom stereocenters. The van der Waals surface area contributed by atoms with E-state index in [4.69, 9.17) is 10.00 Å². The molecule has 21 heavy (non-hydrogen) atoms. The molecule has 0 aliphatic rings. The third kappa shape index (κ3) is 4.11. The quantitative estimate of drug-likeness (QED) is 0.789. The van der Waals surface area contributed by atoms with E-state index in [1.54, 1.807) is 6.07 Å². The number of hydrogen-bond donors (Lipinski definition) is 0. The van der Waals surface area contributed by atoms with E-state index < -0.39 is 17.9 Å². The number of nitrogens with zero attached hydrogens (tertiary/aromatic N) is 1. The number of hydrogen-bond acceptors (Lipinski definition) is 3. The smallest absolute Gasteiger partial charge is 0.456 e. The summed E-state index contributed by atoms with van der Waals surface area (Å²) in [5.41, 5.74) is -0.0226. The van der Waals surface area contributed by atoms with Gasteiger partial charge >= 0.3 is 6.36 Å². The van der Waals surface area contributed by atoms with Crippen LogP contribution in [0.25, 0.3) is 0 Å². The molecule has 0 aromatic heterocycles. The standard InChI is InChI=1S/C14H7F4NO2/c15-10-1-6-13(9(7-10)8-19)20-11-2-4-12(5-3-11)21-14(16,17)18/h1-7H. The van der Waals surface area contributed by atoms with E-state index >= 15 is 0 Å². The second-order valence-corrected chi connectivity index (χ2v) is 3.87. The Bertz CT molecular complexity index is 675. The Kier molecular flexibility index (Phi) is 3.98. The van der Waals surface area contributed by atoms with Crippen molar-refractivity contribution in [2.75, 3.05) is 0 Å². The second-order valence-electron chi connectivity index (χ2n) is 3.87. The van der Waals surface area contributed by atoms with Crippen LogP contribution in [0.3, 0.4) is 0 Å². The van der Waals surface area contributed by atoms with Crippen LogP contribution >= 0.6 is 0 Å². The fourth-order valence-electron chi connectivity index (χ4n) is 1.51. The van der Waals surface area contributed by atoms with Crippen molar-refractivity contribution in [3.05, 3.63) is 53.8 Å². The van der Waals surface area contributed by atoms with Crippen molar-refractivity contribution < 1.29 is 27.0 Å². The highest BCUT2D eigenvalue weighted by Crippen LogP contribution is 2.29. The molecule has 0 radical (unpaired) electrons. The van der Waals surface area contributed by atoms with E-state index in [-0.39, 0.29) is 17.1 Å². The van der Waals surface area contributed by atoms with Crippen molar-refractivity contribution in [2.24, 2.45) is 0 Å². The zero-order valence-electron chi connectivity index (χ0n) is 10.3. The van der Waals surface area contributed by atoms with Crippen LogP contribution in [0.4, 0.5) is 17.6 Å². The van der Waals surface area contributed by atoms with Gasteiger partial charge in [0.25, 0.3) is 0 Å². The second kappa shape index (κ2) is 5.71. The van der Waals surface area contributed by atoms with Gasteiger partial charge in [-0.2, -0.15) is 5.26 Å². The lowest BCUT2D eigenvalue weighted by Crippen LogP contribution is -2.16. The first kappa shape index (κ1) is 14.7. The molecule has 0 fully saturated rings. The highest BCUT2D eigenvalue weighted by molar-refractivity contribution is 5.46. The molecule has 0 aliphatic heterocycles. The van der Waals surface area contributed by atoms with Crippen LogP contribution in [-0.4, -0.2) is 6.36 Å². The molecule has 0 aliphatic carbocycles. The molecule has 0 saturated heterocycles. The van der Waals surface area contributed by atoms with Crippen molar-refractivity contribution in [1.82, 2.24) is 0 Å². The first-order valence-corrected chi connectivity index (χ1v) is 5.61. The molecule has 3 nitrogen and oxygen atoms in total. The summed E-state index contributed by atoms with van der Waals surface area (Å²) < 4.78 is 58.0. The minimum Gasteiger partial charge on any atom is -0.456 e. The third-order valence-corrected chi connectivity index (χ3v) is 2.35. The molecule has 2 rings (SSSR count). The molecule has 0 saturated carbocycles. The van der Waals surface area contributed by atoms with Crippen molar-refractivity contribution >= 4 is 0 Å². The molecule has 0 spiro atoms. The van der Waals surface area contributed by atoms with E-state index in [2.05, 4.69) is 4.74 Å². The topological polar surface area (TPSA) is 42.2 Å². The molecule has 7 heteroatoms. The molecule has 0 heterocycles. The van der Waals surface area contributed by atoms with Gasteiger partial charge in [0.05, 0.1) is 5.56 Å². The lowest BCUT2D eigenvalue weighted by atomic mass is 10.2. The SMILES string of the molecule is N#Cc1cc(F)ccc1Oc1ccc(OC(F)(F)F)cc1. The van der Waals surface area contributed by atoms with Gasteiger partial charge < -0.3 is 9.47 Å². The number of alkyl halides is 3. The zero-order chi connectivity index (χ0) is 15.5. The summed E-state index contributed by atoms with van der Waals surface area (Å²) in [4.78, 5) is 0. The van der Waals surface area contributed by atoms with Crippen molar-refractivity contribution in [3.8, 4) is 23.3 Å². The average Bonchev–Trinajstić information content (AvgIpc) is 2.41. The molecule has 108 valence electrons. The minimum atomic E-state index is -4.77. The maximum absolute atomic E-state index is 13.0. The monoisotopic (exact) mass is 297 g/mol. The highest BCUT2D eigenvalue weighted by Gasteiger charge is 2.30. The summed E-state index contributed by atoms with van der Waals surface area (Å²) in [5.74, 6) is -0.696. The number of nitriles is 1. The minimum absolute atomic E-state index is 0.0226. The van der Waals surface area contributed by atoms with Gasteiger partial charge in [-0.3, -0.25) is 0 Å². The fraction of sp³-hybridized carbons (Fsp3) is 0.0714. The normalized spacial score (nSPS) is 10.8. The molecular formula is C14H7F4NO2. The van der Waals surface area contributed by atoms with Crippen molar-refractivity contribution in [3.63, 3.8) is 0 Å². The van der Waals surface area contributed by atoms with E-state index in [9.17, 15) is 17.6 Å². The van der Waals surface area contributed by atoms with Gasteiger partial charge in [0.15, 0.2) is 0 Å². The maximum atomic E-state index is 13.0. The van der Waals surface area contributed by atoms with Crippen LogP contribution in [0.1, 0.15) is 5.56 Å². The van der Waals surface area contributed by atoms with Crippen molar-refractivity contribution in [2.45, 2.75) is 6.36 Å². The van der Waals surface area contributed by atoms with Crippen LogP contribution < -0.4 is 9.47 Å². The van der Waals surface area contributed by atoms with Crippen LogP contribution in [0.5, 0.6) is 17.2 Å². The molecule has 0 bridgehead atoms. The van der Waals surface area contributed by atoms with E-state index in [0.717, 1.165) is 24.3 Å². The summed E-state index contributed by atoms with van der Waals surface area (Å²) in [6.45, 7) is 0. The first-order chi connectivity index (χ1) is 9.87. The van der Waals surface area contributed by atoms with E-state index in [0.29, 0.717) is 0 Å². The van der Waals surface area contributed by atoms with Gasteiger partial charge in [0, 0.05) is 0 Å². The summed E-state index contributed by atoms with van der Waals surface area (Å²) in [6, 6.07) is 9.74. The summed E-state index contributed by atoms with van der Waals surface area (Å²) >= 11 is 0. The lowest BCUT2D eigenvalue weighted by molar-refractivity contribution is -0.274. The molecule has 0 atom stereocenters. The molecule has 0 amide bonds. The Hall–Kier alpha value is -2.75. The van der Waals surface area contributed by atoms with Gasteiger partial charge in [-0.15, -0.1) is 13.2 Å². The van der Waals surface area contributed by atoms with Crippen LogP contribution in [-0.2, 0) is 0 Å². The van der Waals surface area contributed by atoms with Crippen LogP contribution in [0, 0.1) is 17.1 Å². The number of ether oxygens (including phenoxy) is 2. The average molecular weight is 297 g/mol. The summed E-state index contributed by atoms with van der Waals surface area (Å²) in [6.07, 6.45) is -4.77. The third-order valence-electron chi connectivity index (χ3n) is 2.35. The molecule has 2 aromatic carbocycles. The van der Waals surface area contributed by atoms with E-state index in [1.165, 1.54) is 18.2 Å². The fourth-order valence-corrected chi connectivity index (χ4v) is 1.51. The Labute approximate surface area is 117 Å². The van der Waals surface area contributed by atoms with Gasteiger partial charge in [-0.1, -0.05) is 0 Å². The number of benzene rings is 2. The molecule has 2 aromatic rings. The maximum Gasteiger partial charge on any atom is 0.573 e. The van der Waals surface area contributed by atoms with Gasteiger partial charge in [0.1, 0.15) is 29.1 Å². The Balaban J connectivity index is 2.16. The Morgan fingerprint density at radius 1 is 0.952 bits per heavy atom. The first-order valence-electron chi connectivity index (χ1n) is 5.61. The largest absolute Gasteiger partial charge is 0.573 e. The van der Waals surface area contributed by atoms with Gasteiger partial charge in [-0.25, -0.2) is 4.39 Å². The number of rotatable bonds is 3.